The second-order valence-corrected chi connectivity index (χ2v) is 8.14. The maximum atomic E-state index is 12.5. The van der Waals surface area contributed by atoms with Crippen LogP contribution in [0.25, 0.3) is 0 Å². The molecule has 0 saturated carbocycles. The van der Waals surface area contributed by atoms with Gasteiger partial charge in [-0.1, -0.05) is 20.8 Å². The summed E-state index contributed by atoms with van der Waals surface area (Å²) in [6.07, 6.45) is 2.64. The van der Waals surface area contributed by atoms with Crippen LogP contribution >= 0.6 is 0 Å². The molecule has 0 aromatic heterocycles. The van der Waals surface area contributed by atoms with Crippen molar-refractivity contribution in [3.8, 4) is 0 Å². The molecular weight excluding hydrogens is 264 g/mol. The van der Waals surface area contributed by atoms with E-state index in [9.17, 15) is 4.79 Å². The minimum atomic E-state index is -0.242. The third-order valence-electron chi connectivity index (χ3n) is 4.37. The Morgan fingerprint density at radius 2 is 2.00 bits per heavy atom. The van der Waals surface area contributed by atoms with E-state index in [0.29, 0.717) is 32.0 Å². The lowest BCUT2D eigenvalue weighted by Crippen LogP contribution is -2.53. The van der Waals surface area contributed by atoms with Gasteiger partial charge in [-0.05, 0) is 51.5 Å². The van der Waals surface area contributed by atoms with Crippen molar-refractivity contribution in [1.82, 2.24) is 4.90 Å². The molecule has 4 heteroatoms. The summed E-state index contributed by atoms with van der Waals surface area (Å²) in [6.45, 7) is 14.9. The first-order chi connectivity index (χ1) is 9.55. The van der Waals surface area contributed by atoms with Crippen LogP contribution in [-0.4, -0.2) is 42.1 Å². The number of hydrogen-bond donors (Lipinski definition) is 1. The summed E-state index contributed by atoms with van der Waals surface area (Å²) in [5, 5.41) is 0. The molecule has 1 fully saturated rings. The zero-order valence-corrected chi connectivity index (χ0v) is 14.7. The van der Waals surface area contributed by atoms with Gasteiger partial charge in [-0.2, -0.15) is 0 Å². The first-order valence-corrected chi connectivity index (χ1v) is 8.21. The number of nitrogens with two attached hydrogens (primary N) is 1. The van der Waals surface area contributed by atoms with E-state index in [1.165, 1.54) is 0 Å². The van der Waals surface area contributed by atoms with E-state index >= 15 is 0 Å². The Morgan fingerprint density at radius 3 is 2.48 bits per heavy atom. The highest BCUT2D eigenvalue weighted by atomic mass is 16.5. The average Bonchev–Trinajstić information content (AvgIpc) is 2.30. The van der Waals surface area contributed by atoms with Crippen molar-refractivity contribution in [2.24, 2.45) is 17.1 Å². The number of ether oxygens (including phenoxy) is 1. The molecule has 4 nitrogen and oxygen atoms in total. The first kappa shape index (κ1) is 18.4. The molecule has 124 valence electrons. The minimum Gasteiger partial charge on any atom is -0.369 e. The van der Waals surface area contributed by atoms with Gasteiger partial charge in [0.15, 0.2) is 0 Å². The molecule has 0 aromatic rings. The van der Waals surface area contributed by atoms with Crippen LogP contribution in [0.1, 0.15) is 60.8 Å². The summed E-state index contributed by atoms with van der Waals surface area (Å²) < 4.78 is 5.86. The molecule has 1 aliphatic rings. The predicted octanol–water partition coefficient (Wildman–Crippen LogP) is 2.80. The lowest BCUT2D eigenvalue weighted by Gasteiger charge is -2.42. The SMILES string of the molecule is CC1CN(C(=O)CCC(CCN)C(C)(C)C)CC(C)(C)O1. The van der Waals surface area contributed by atoms with E-state index in [-0.39, 0.29) is 23.0 Å². The van der Waals surface area contributed by atoms with Crippen LogP contribution in [0.3, 0.4) is 0 Å². The number of hydrogen-bond acceptors (Lipinski definition) is 3. The molecule has 0 aromatic carbocycles. The van der Waals surface area contributed by atoms with E-state index in [1.807, 2.05) is 11.8 Å². The third-order valence-corrected chi connectivity index (χ3v) is 4.37. The summed E-state index contributed by atoms with van der Waals surface area (Å²) in [5.74, 6) is 0.752. The number of carbonyl (C=O) groups excluding carboxylic acids is 1. The van der Waals surface area contributed by atoms with Crippen LogP contribution in [0.15, 0.2) is 0 Å². The molecule has 21 heavy (non-hydrogen) atoms. The number of nitrogens with zero attached hydrogens (tertiary/aromatic N) is 1. The van der Waals surface area contributed by atoms with Gasteiger partial charge in [-0.25, -0.2) is 0 Å². The predicted molar refractivity (Wildman–Crippen MR) is 87.1 cm³/mol. The number of carbonyl (C=O) groups is 1. The fourth-order valence-electron chi connectivity index (χ4n) is 3.31. The molecular formula is C17H34N2O2. The van der Waals surface area contributed by atoms with Crippen molar-refractivity contribution >= 4 is 5.91 Å². The van der Waals surface area contributed by atoms with Gasteiger partial charge in [0.05, 0.1) is 11.7 Å². The second kappa shape index (κ2) is 7.10. The number of rotatable bonds is 5. The molecule has 1 heterocycles. The van der Waals surface area contributed by atoms with Crippen molar-refractivity contribution in [3.05, 3.63) is 0 Å². The monoisotopic (exact) mass is 298 g/mol. The molecule has 1 aliphatic heterocycles. The molecule has 1 saturated heterocycles. The topological polar surface area (TPSA) is 55.6 Å². The number of morpholine rings is 1. The summed E-state index contributed by atoms with van der Waals surface area (Å²) in [7, 11) is 0. The molecule has 0 spiro atoms. The zero-order valence-electron chi connectivity index (χ0n) is 14.7. The second-order valence-electron chi connectivity index (χ2n) is 8.14. The van der Waals surface area contributed by atoms with E-state index in [1.54, 1.807) is 0 Å². The Kier molecular flexibility index (Phi) is 6.23. The average molecular weight is 298 g/mol. The molecule has 0 aliphatic carbocycles. The van der Waals surface area contributed by atoms with Crippen LogP contribution in [0.2, 0.25) is 0 Å². The lowest BCUT2D eigenvalue weighted by molar-refractivity contribution is -0.158. The highest BCUT2D eigenvalue weighted by molar-refractivity contribution is 5.76. The lowest BCUT2D eigenvalue weighted by atomic mass is 9.76. The van der Waals surface area contributed by atoms with E-state index in [0.717, 1.165) is 12.8 Å². The van der Waals surface area contributed by atoms with Crippen molar-refractivity contribution in [2.45, 2.75) is 72.5 Å². The van der Waals surface area contributed by atoms with E-state index < -0.39 is 0 Å². The summed E-state index contributed by atoms with van der Waals surface area (Å²) in [5.41, 5.74) is 5.68. The first-order valence-electron chi connectivity index (χ1n) is 8.21. The van der Waals surface area contributed by atoms with Gasteiger partial charge in [0.1, 0.15) is 0 Å². The maximum absolute atomic E-state index is 12.5. The Labute approximate surface area is 130 Å². The van der Waals surface area contributed by atoms with Gasteiger partial charge in [-0.3, -0.25) is 4.79 Å². The van der Waals surface area contributed by atoms with Crippen molar-refractivity contribution in [1.29, 1.82) is 0 Å². The van der Waals surface area contributed by atoms with Crippen LogP contribution < -0.4 is 5.73 Å². The fraction of sp³-hybridized carbons (Fsp3) is 0.941. The van der Waals surface area contributed by atoms with Crippen molar-refractivity contribution in [2.75, 3.05) is 19.6 Å². The highest BCUT2D eigenvalue weighted by Gasteiger charge is 2.34. The van der Waals surface area contributed by atoms with E-state index in [2.05, 4.69) is 34.6 Å². The van der Waals surface area contributed by atoms with Crippen LogP contribution in [0.5, 0.6) is 0 Å². The smallest absolute Gasteiger partial charge is 0.222 e. The standard InChI is InChI=1S/C17H34N2O2/c1-13-11-19(12-17(5,6)21-13)15(20)8-7-14(9-10-18)16(2,3)4/h13-14H,7-12,18H2,1-6H3. The van der Waals surface area contributed by atoms with Gasteiger partial charge >= 0.3 is 0 Å². The summed E-state index contributed by atoms with van der Waals surface area (Å²) in [4.78, 5) is 14.5. The minimum absolute atomic E-state index is 0.111. The van der Waals surface area contributed by atoms with Gasteiger partial charge in [-0.15, -0.1) is 0 Å². The Balaban J connectivity index is 2.56. The third kappa shape index (κ3) is 5.95. The van der Waals surface area contributed by atoms with Crippen molar-refractivity contribution < 1.29 is 9.53 Å². The summed E-state index contributed by atoms with van der Waals surface area (Å²) in [6, 6.07) is 0. The van der Waals surface area contributed by atoms with Crippen LogP contribution in [0.4, 0.5) is 0 Å². The molecule has 2 N–H and O–H groups in total. The zero-order chi connectivity index (χ0) is 16.3. The largest absolute Gasteiger partial charge is 0.369 e. The van der Waals surface area contributed by atoms with E-state index in [4.69, 9.17) is 10.5 Å². The molecule has 1 amide bonds. The van der Waals surface area contributed by atoms with Gasteiger partial charge in [0.2, 0.25) is 5.91 Å². The van der Waals surface area contributed by atoms with Crippen LogP contribution in [0, 0.1) is 11.3 Å². The normalized spacial score (nSPS) is 24.0. The van der Waals surface area contributed by atoms with Gasteiger partial charge in [0, 0.05) is 19.5 Å². The Bertz CT molecular complexity index is 347. The highest BCUT2D eigenvalue weighted by Crippen LogP contribution is 2.32. The molecule has 1 rings (SSSR count). The van der Waals surface area contributed by atoms with Crippen molar-refractivity contribution in [3.63, 3.8) is 0 Å². The molecule has 0 radical (unpaired) electrons. The Morgan fingerprint density at radius 1 is 1.38 bits per heavy atom. The summed E-state index contributed by atoms with van der Waals surface area (Å²) >= 11 is 0. The van der Waals surface area contributed by atoms with Crippen LogP contribution in [-0.2, 0) is 9.53 Å². The fourth-order valence-corrected chi connectivity index (χ4v) is 3.31. The molecule has 0 bridgehead atoms. The quantitative estimate of drug-likeness (QED) is 0.849. The van der Waals surface area contributed by atoms with Gasteiger partial charge < -0.3 is 15.4 Å². The molecule has 2 atom stereocenters. The molecule has 2 unspecified atom stereocenters. The Hall–Kier alpha value is -0.610. The van der Waals surface area contributed by atoms with Gasteiger partial charge in [0.25, 0.3) is 0 Å². The number of amides is 1. The maximum Gasteiger partial charge on any atom is 0.222 e.